The first kappa shape index (κ1) is 15.5. The monoisotopic (exact) mass is 355 g/mol. The van der Waals surface area contributed by atoms with Crippen molar-refractivity contribution in [2.45, 2.75) is 19.4 Å². The third-order valence-electron chi connectivity index (χ3n) is 3.19. The molecule has 4 heteroatoms. The predicted octanol–water partition coefficient (Wildman–Crippen LogP) is 5.13. The van der Waals surface area contributed by atoms with Crippen LogP contribution in [0, 0.1) is 5.82 Å². The van der Waals surface area contributed by atoms with Gasteiger partial charge in [-0.3, -0.25) is 0 Å². The van der Waals surface area contributed by atoms with Gasteiger partial charge in [0.2, 0.25) is 0 Å². The van der Waals surface area contributed by atoms with E-state index in [4.69, 9.17) is 11.6 Å². The summed E-state index contributed by atoms with van der Waals surface area (Å²) in [5.41, 5.74) is 1.74. The SMILES string of the molecule is CCNC(Cc1ccccc1Br)c1cccc(Cl)c1F. The minimum Gasteiger partial charge on any atom is -0.310 e. The van der Waals surface area contributed by atoms with Crippen LogP contribution in [-0.4, -0.2) is 6.54 Å². The molecule has 0 heterocycles. The van der Waals surface area contributed by atoms with E-state index in [1.807, 2.05) is 31.2 Å². The molecule has 0 fully saturated rings. The normalized spacial score (nSPS) is 12.4. The molecule has 0 saturated carbocycles. The average Bonchev–Trinajstić information content (AvgIpc) is 2.44. The van der Waals surface area contributed by atoms with Crippen LogP contribution in [0.1, 0.15) is 24.1 Å². The highest BCUT2D eigenvalue weighted by Gasteiger charge is 2.18. The number of benzene rings is 2. The standard InChI is InChI=1S/C16H16BrClFN/c1-2-20-15(10-11-6-3-4-8-13(11)17)12-7-5-9-14(18)16(12)19/h3-9,15,20H,2,10H2,1H3. The lowest BCUT2D eigenvalue weighted by molar-refractivity contribution is 0.509. The zero-order valence-corrected chi connectivity index (χ0v) is 13.5. The van der Waals surface area contributed by atoms with Crippen LogP contribution >= 0.6 is 27.5 Å². The van der Waals surface area contributed by atoms with Crippen LogP contribution in [0.3, 0.4) is 0 Å². The molecule has 0 aromatic heterocycles. The van der Waals surface area contributed by atoms with E-state index in [1.165, 1.54) is 0 Å². The van der Waals surface area contributed by atoms with Gasteiger partial charge in [0, 0.05) is 16.1 Å². The van der Waals surface area contributed by atoms with Gasteiger partial charge >= 0.3 is 0 Å². The van der Waals surface area contributed by atoms with Gasteiger partial charge in [-0.05, 0) is 30.7 Å². The highest BCUT2D eigenvalue weighted by molar-refractivity contribution is 9.10. The second-order valence-corrected chi connectivity index (χ2v) is 5.81. The Morgan fingerprint density at radius 1 is 1.20 bits per heavy atom. The molecule has 0 spiro atoms. The Bertz CT molecular complexity index is 588. The van der Waals surface area contributed by atoms with Crippen molar-refractivity contribution in [3.8, 4) is 0 Å². The molecule has 1 atom stereocenters. The van der Waals surface area contributed by atoms with Crippen LogP contribution in [0.4, 0.5) is 4.39 Å². The quantitative estimate of drug-likeness (QED) is 0.782. The van der Waals surface area contributed by atoms with Gasteiger partial charge in [0.25, 0.3) is 0 Å². The Labute approximate surface area is 132 Å². The maximum absolute atomic E-state index is 14.2. The molecule has 2 rings (SSSR count). The third kappa shape index (κ3) is 3.60. The van der Waals surface area contributed by atoms with Gasteiger partial charge in [-0.15, -0.1) is 0 Å². The largest absolute Gasteiger partial charge is 0.310 e. The molecule has 0 amide bonds. The fourth-order valence-corrected chi connectivity index (χ4v) is 2.84. The first-order valence-corrected chi connectivity index (χ1v) is 7.71. The van der Waals surface area contributed by atoms with Crippen molar-refractivity contribution in [3.63, 3.8) is 0 Å². The molecule has 1 nitrogen and oxygen atoms in total. The molecule has 0 aliphatic carbocycles. The molecule has 0 radical (unpaired) electrons. The van der Waals surface area contributed by atoms with Crippen LogP contribution in [0.2, 0.25) is 5.02 Å². The molecular formula is C16H16BrClFN. The topological polar surface area (TPSA) is 12.0 Å². The lowest BCUT2D eigenvalue weighted by atomic mass is 9.98. The third-order valence-corrected chi connectivity index (χ3v) is 4.25. The Hall–Kier alpha value is -0.900. The van der Waals surface area contributed by atoms with E-state index in [0.717, 1.165) is 16.6 Å². The summed E-state index contributed by atoms with van der Waals surface area (Å²) in [5.74, 6) is -0.341. The van der Waals surface area contributed by atoms with E-state index in [1.54, 1.807) is 18.2 Å². The summed E-state index contributed by atoms with van der Waals surface area (Å²) in [6, 6.07) is 13.0. The Morgan fingerprint density at radius 3 is 2.65 bits per heavy atom. The number of hydrogen-bond acceptors (Lipinski definition) is 1. The fourth-order valence-electron chi connectivity index (χ4n) is 2.21. The van der Waals surface area contributed by atoms with Gasteiger partial charge in [-0.25, -0.2) is 4.39 Å². The van der Waals surface area contributed by atoms with Crippen molar-refractivity contribution in [2.75, 3.05) is 6.54 Å². The molecule has 2 aromatic rings. The van der Waals surface area contributed by atoms with Crippen molar-refractivity contribution >= 4 is 27.5 Å². The van der Waals surface area contributed by atoms with Crippen LogP contribution in [0.5, 0.6) is 0 Å². The van der Waals surface area contributed by atoms with E-state index in [2.05, 4.69) is 21.2 Å². The Morgan fingerprint density at radius 2 is 1.95 bits per heavy atom. The van der Waals surface area contributed by atoms with Crippen molar-refractivity contribution < 1.29 is 4.39 Å². The lowest BCUT2D eigenvalue weighted by Gasteiger charge is -2.20. The minimum atomic E-state index is -0.341. The van der Waals surface area contributed by atoms with Crippen LogP contribution < -0.4 is 5.32 Å². The van der Waals surface area contributed by atoms with Gasteiger partial charge in [0.1, 0.15) is 5.82 Å². The number of likely N-dealkylation sites (N-methyl/N-ethyl adjacent to an activating group) is 1. The van der Waals surface area contributed by atoms with Crippen LogP contribution in [0.15, 0.2) is 46.9 Å². The molecule has 2 aromatic carbocycles. The zero-order chi connectivity index (χ0) is 14.5. The van der Waals surface area contributed by atoms with E-state index < -0.39 is 0 Å². The lowest BCUT2D eigenvalue weighted by Crippen LogP contribution is -2.24. The van der Waals surface area contributed by atoms with Crippen molar-refractivity contribution in [2.24, 2.45) is 0 Å². The minimum absolute atomic E-state index is 0.0996. The maximum atomic E-state index is 14.2. The molecule has 0 aliphatic rings. The van der Waals surface area contributed by atoms with Crippen molar-refractivity contribution in [1.82, 2.24) is 5.32 Å². The number of halogens is 3. The van der Waals surface area contributed by atoms with Crippen LogP contribution in [0.25, 0.3) is 0 Å². The average molecular weight is 357 g/mol. The van der Waals surface area contributed by atoms with Crippen molar-refractivity contribution in [1.29, 1.82) is 0 Å². The fraction of sp³-hybridized carbons (Fsp3) is 0.250. The molecule has 0 bridgehead atoms. The van der Waals surface area contributed by atoms with Gasteiger partial charge in [0.05, 0.1) is 5.02 Å². The maximum Gasteiger partial charge on any atom is 0.146 e. The second kappa shape index (κ2) is 7.21. The molecular weight excluding hydrogens is 341 g/mol. The first-order chi connectivity index (χ1) is 9.63. The molecule has 106 valence electrons. The Kier molecular flexibility index (Phi) is 5.58. The number of hydrogen-bond donors (Lipinski definition) is 1. The summed E-state index contributed by atoms with van der Waals surface area (Å²) in [6.45, 7) is 2.77. The molecule has 20 heavy (non-hydrogen) atoms. The summed E-state index contributed by atoms with van der Waals surface area (Å²) in [7, 11) is 0. The van der Waals surface area contributed by atoms with E-state index in [9.17, 15) is 4.39 Å². The van der Waals surface area contributed by atoms with E-state index in [0.29, 0.717) is 12.0 Å². The predicted molar refractivity (Wildman–Crippen MR) is 85.7 cm³/mol. The molecule has 0 aliphatic heterocycles. The van der Waals surface area contributed by atoms with Gasteiger partial charge in [-0.1, -0.05) is 64.8 Å². The molecule has 1 N–H and O–H groups in total. The summed E-state index contributed by atoms with van der Waals surface area (Å²) in [4.78, 5) is 0. The summed E-state index contributed by atoms with van der Waals surface area (Å²) >= 11 is 9.41. The van der Waals surface area contributed by atoms with E-state index >= 15 is 0 Å². The van der Waals surface area contributed by atoms with Crippen molar-refractivity contribution in [3.05, 3.63) is 68.9 Å². The first-order valence-electron chi connectivity index (χ1n) is 6.54. The van der Waals surface area contributed by atoms with Crippen LogP contribution in [-0.2, 0) is 6.42 Å². The summed E-state index contributed by atoms with van der Waals surface area (Å²) < 4.78 is 15.2. The highest BCUT2D eigenvalue weighted by Crippen LogP contribution is 2.28. The number of nitrogens with one attached hydrogen (secondary N) is 1. The zero-order valence-electron chi connectivity index (χ0n) is 11.2. The second-order valence-electron chi connectivity index (χ2n) is 4.55. The van der Waals surface area contributed by atoms with E-state index in [-0.39, 0.29) is 16.9 Å². The van der Waals surface area contributed by atoms with Gasteiger partial charge in [0.15, 0.2) is 0 Å². The summed E-state index contributed by atoms with van der Waals surface area (Å²) in [6.07, 6.45) is 0.701. The molecule has 0 saturated heterocycles. The summed E-state index contributed by atoms with van der Waals surface area (Å²) in [5, 5.41) is 3.49. The highest BCUT2D eigenvalue weighted by atomic mass is 79.9. The van der Waals surface area contributed by atoms with Gasteiger partial charge in [-0.2, -0.15) is 0 Å². The number of rotatable bonds is 5. The molecule has 1 unspecified atom stereocenters. The van der Waals surface area contributed by atoms with Gasteiger partial charge < -0.3 is 5.32 Å². The Balaban J connectivity index is 2.32. The smallest absolute Gasteiger partial charge is 0.146 e.